The number of carbonyl (C=O) groups excluding carboxylic acids is 2. The number of nitrogens with zero attached hydrogens (tertiary/aromatic N) is 2. The van der Waals surface area contributed by atoms with Gasteiger partial charge in [-0.15, -0.1) is 11.3 Å². The highest BCUT2D eigenvalue weighted by Gasteiger charge is 2.17. The Morgan fingerprint density at radius 3 is 2.57 bits per heavy atom. The maximum Gasteiger partial charge on any atom is 0.263 e. The maximum atomic E-state index is 13.0. The van der Waals surface area contributed by atoms with Crippen LogP contribution in [0.5, 0.6) is 0 Å². The second-order valence-corrected chi connectivity index (χ2v) is 7.96. The molecule has 146 valence electrons. The van der Waals surface area contributed by atoms with Gasteiger partial charge in [-0.3, -0.25) is 19.0 Å². The van der Waals surface area contributed by atoms with Gasteiger partial charge in [-0.1, -0.05) is 30.3 Å². The van der Waals surface area contributed by atoms with Gasteiger partial charge in [-0.25, -0.2) is 4.98 Å². The molecule has 3 aromatic rings. The third-order valence-electron chi connectivity index (χ3n) is 4.13. The molecule has 0 unspecified atom stereocenters. The van der Waals surface area contributed by atoms with Crippen LogP contribution in [0.2, 0.25) is 0 Å². The second-order valence-electron chi connectivity index (χ2n) is 6.76. The molecule has 0 radical (unpaired) electrons. The van der Waals surface area contributed by atoms with E-state index in [-0.39, 0.29) is 30.6 Å². The Morgan fingerprint density at radius 2 is 1.89 bits per heavy atom. The van der Waals surface area contributed by atoms with Crippen LogP contribution >= 0.6 is 11.3 Å². The highest BCUT2D eigenvalue weighted by molar-refractivity contribution is 7.19. The lowest BCUT2D eigenvalue weighted by atomic mass is 10.0. The van der Waals surface area contributed by atoms with Gasteiger partial charge in [0.05, 0.1) is 18.3 Å². The molecule has 7 nitrogen and oxygen atoms in total. The highest BCUT2D eigenvalue weighted by atomic mass is 32.1. The Kier molecular flexibility index (Phi) is 5.89. The van der Waals surface area contributed by atoms with Crippen molar-refractivity contribution >= 4 is 33.4 Å². The first-order chi connectivity index (χ1) is 13.4. The quantitative estimate of drug-likeness (QED) is 0.665. The number of fused-ring (bicyclic) bond motifs is 1. The monoisotopic (exact) mass is 398 g/mol. The van der Waals surface area contributed by atoms with E-state index in [2.05, 4.69) is 15.6 Å². The molecule has 0 spiro atoms. The fraction of sp³-hybridized carbons (Fsp3) is 0.300. The Balaban J connectivity index is 1.86. The summed E-state index contributed by atoms with van der Waals surface area (Å²) >= 11 is 1.46. The van der Waals surface area contributed by atoms with Crippen LogP contribution < -0.4 is 16.2 Å². The van der Waals surface area contributed by atoms with E-state index in [9.17, 15) is 14.4 Å². The molecule has 3 rings (SSSR count). The van der Waals surface area contributed by atoms with E-state index in [0.717, 1.165) is 16.0 Å². The smallest absolute Gasteiger partial charge is 0.263 e. The summed E-state index contributed by atoms with van der Waals surface area (Å²) in [6, 6.07) is 9.66. The Bertz CT molecular complexity index is 1070. The standard InChI is InChI=1S/C20H22N4O3S/c1-12(2)23-15(25)9-21-16(26)10-24-11-22-19-18(20(24)27)17(13(3)28-19)14-7-5-4-6-8-14/h4-8,11-12H,9-10H2,1-3H3,(H,21,26)(H,23,25). The van der Waals surface area contributed by atoms with Gasteiger partial charge in [0.25, 0.3) is 5.56 Å². The van der Waals surface area contributed by atoms with Gasteiger partial charge in [0, 0.05) is 16.5 Å². The van der Waals surface area contributed by atoms with E-state index in [0.29, 0.717) is 10.2 Å². The zero-order valence-electron chi connectivity index (χ0n) is 16.0. The molecule has 2 heterocycles. The van der Waals surface area contributed by atoms with Crippen LogP contribution in [0.3, 0.4) is 0 Å². The molecule has 2 N–H and O–H groups in total. The van der Waals surface area contributed by atoms with Crippen molar-refractivity contribution in [1.29, 1.82) is 0 Å². The maximum absolute atomic E-state index is 13.0. The molecule has 0 fully saturated rings. The van der Waals surface area contributed by atoms with Crippen LogP contribution in [0.4, 0.5) is 0 Å². The predicted molar refractivity (Wildman–Crippen MR) is 110 cm³/mol. The third kappa shape index (κ3) is 4.28. The summed E-state index contributed by atoms with van der Waals surface area (Å²) in [5.41, 5.74) is 1.52. The zero-order valence-corrected chi connectivity index (χ0v) is 16.8. The third-order valence-corrected chi connectivity index (χ3v) is 5.14. The van der Waals surface area contributed by atoms with Crippen molar-refractivity contribution in [2.45, 2.75) is 33.4 Å². The average Bonchev–Trinajstić information content (AvgIpc) is 2.99. The van der Waals surface area contributed by atoms with E-state index >= 15 is 0 Å². The Morgan fingerprint density at radius 1 is 1.18 bits per heavy atom. The van der Waals surface area contributed by atoms with Crippen molar-refractivity contribution in [1.82, 2.24) is 20.2 Å². The number of nitrogens with one attached hydrogen (secondary N) is 2. The van der Waals surface area contributed by atoms with Crippen molar-refractivity contribution in [2.75, 3.05) is 6.54 Å². The number of amides is 2. The van der Waals surface area contributed by atoms with Crippen molar-refractivity contribution < 1.29 is 9.59 Å². The van der Waals surface area contributed by atoms with E-state index in [1.807, 2.05) is 51.1 Å². The van der Waals surface area contributed by atoms with Gasteiger partial charge in [0.15, 0.2) is 0 Å². The molecule has 0 saturated heterocycles. The normalized spacial score (nSPS) is 11.0. The van der Waals surface area contributed by atoms with Gasteiger partial charge in [0.2, 0.25) is 11.8 Å². The first-order valence-corrected chi connectivity index (χ1v) is 9.78. The zero-order chi connectivity index (χ0) is 20.3. The Labute approximate surface area is 166 Å². The van der Waals surface area contributed by atoms with Crippen LogP contribution in [0, 0.1) is 6.92 Å². The number of carbonyl (C=O) groups is 2. The number of aromatic nitrogens is 2. The van der Waals surface area contributed by atoms with Gasteiger partial charge in [-0.05, 0) is 26.3 Å². The summed E-state index contributed by atoms with van der Waals surface area (Å²) in [5, 5.41) is 5.74. The SMILES string of the molecule is Cc1sc2ncn(CC(=O)NCC(=O)NC(C)C)c(=O)c2c1-c1ccccc1. The van der Waals surface area contributed by atoms with Crippen molar-refractivity contribution in [2.24, 2.45) is 0 Å². The van der Waals surface area contributed by atoms with E-state index in [1.54, 1.807) is 0 Å². The summed E-state index contributed by atoms with van der Waals surface area (Å²) in [6.07, 6.45) is 1.38. The predicted octanol–water partition coefficient (Wildman–Crippen LogP) is 2.07. The van der Waals surface area contributed by atoms with Gasteiger partial charge >= 0.3 is 0 Å². The second kappa shape index (κ2) is 8.35. The number of hydrogen-bond acceptors (Lipinski definition) is 5. The molecule has 0 bridgehead atoms. The molecule has 0 aliphatic carbocycles. The van der Waals surface area contributed by atoms with Crippen LogP contribution in [0.25, 0.3) is 21.3 Å². The first kappa shape index (κ1) is 19.8. The summed E-state index contributed by atoms with van der Waals surface area (Å²) in [6.45, 7) is 5.31. The summed E-state index contributed by atoms with van der Waals surface area (Å²) in [5.74, 6) is -0.695. The fourth-order valence-corrected chi connectivity index (χ4v) is 3.97. The minimum absolute atomic E-state index is 0.00290. The molecule has 0 saturated carbocycles. The lowest BCUT2D eigenvalue weighted by Gasteiger charge is -2.10. The molecule has 8 heteroatoms. The number of rotatable bonds is 6. The fourth-order valence-electron chi connectivity index (χ4n) is 2.97. The highest BCUT2D eigenvalue weighted by Crippen LogP contribution is 2.35. The largest absolute Gasteiger partial charge is 0.352 e. The molecule has 0 atom stereocenters. The summed E-state index contributed by atoms with van der Waals surface area (Å²) in [4.78, 5) is 42.9. The molecule has 28 heavy (non-hydrogen) atoms. The van der Waals surface area contributed by atoms with Gasteiger partial charge in [0.1, 0.15) is 11.4 Å². The lowest BCUT2D eigenvalue weighted by molar-refractivity contribution is -0.126. The molecule has 0 aliphatic heterocycles. The molecule has 2 amide bonds. The molecular weight excluding hydrogens is 376 g/mol. The minimum atomic E-state index is -0.421. The van der Waals surface area contributed by atoms with E-state index in [4.69, 9.17) is 0 Å². The van der Waals surface area contributed by atoms with Crippen LogP contribution in [-0.4, -0.2) is 34.0 Å². The average molecular weight is 398 g/mol. The summed E-state index contributed by atoms with van der Waals surface area (Å²) in [7, 11) is 0. The molecule has 0 aliphatic rings. The van der Waals surface area contributed by atoms with E-state index < -0.39 is 5.91 Å². The topological polar surface area (TPSA) is 93.1 Å². The lowest BCUT2D eigenvalue weighted by Crippen LogP contribution is -2.41. The number of aryl methyl sites for hydroxylation is 1. The number of benzene rings is 1. The first-order valence-electron chi connectivity index (χ1n) is 8.97. The van der Waals surface area contributed by atoms with Gasteiger partial charge in [-0.2, -0.15) is 0 Å². The van der Waals surface area contributed by atoms with Crippen molar-refractivity contribution in [3.8, 4) is 11.1 Å². The molecular formula is C20H22N4O3S. The van der Waals surface area contributed by atoms with Crippen LogP contribution in [0.1, 0.15) is 18.7 Å². The van der Waals surface area contributed by atoms with Crippen molar-refractivity contribution in [3.63, 3.8) is 0 Å². The van der Waals surface area contributed by atoms with Crippen molar-refractivity contribution in [3.05, 3.63) is 51.9 Å². The molecule has 2 aromatic heterocycles. The van der Waals surface area contributed by atoms with E-state index in [1.165, 1.54) is 22.2 Å². The number of thiophene rings is 1. The minimum Gasteiger partial charge on any atom is -0.352 e. The van der Waals surface area contributed by atoms with Gasteiger partial charge < -0.3 is 10.6 Å². The Hall–Kier alpha value is -3.00. The molecule has 1 aromatic carbocycles. The summed E-state index contributed by atoms with van der Waals surface area (Å²) < 4.78 is 1.27. The number of hydrogen-bond donors (Lipinski definition) is 2. The van der Waals surface area contributed by atoms with Crippen LogP contribution in [0.15, 0.2) is 41.5 Å². The van der Waals surface area contributed by atoms with Crippen LogP contribution in [-0.2, 0) is 16.1 Å².